The van der Waals surface area contributed by atoms with Crippen LogP contribution in [0.1, 0.15) is 58.4 Å². The van der Waals surface area contributed by atoms with Crippen LogP contribution in [0.2, 0.25) is 5.02 Å². The van der Waals surface area contributed by atoms with E-state index < -0.39 is 0 Å². The molecule has 2 nitrogen and oxygen atoms in total. The second-order valence-electron chi connectivity index (χ2n) is 8.23. The van der Waals surface area contributed by atoms with Crippen LogP contribution in [0, 0.1) is 0 Å². The minimum absolute atomic E-state index is 0.155. The molecule has 1 saturated heterocycles. The van der Waals surface area contributed by atoms with Crippen LogP contribution < -0.4 is 4.90 Å². The summed E-state index contributed by atoms with van der Waals surface area (Å²) in [5.41, 5.74) is 2.68. The van der Waals surface area contributed by atoms with Crippen molar-refractivity contribution < 1.29 is 0 Å². The van der Waals surface area contributed by atoms with Crippen LogP contribution in [0.5, 0.6) is 0 Å². The highest BCUT2D eigenvalue weighted by atomic mass is 35.5. The van der Waals surface area contributed by atoms with Crippen LogP contribution in [0.15, 0.2) is 18.2 Å². The van der Waals surface area contributed by atoms with Crippen LogP contribution in [-0.2, 0) is 5.41 Å². The van der Waals surface area contributed by atoms with Gasteiger partial charge in [0.05, 0.1) is 10.7 Å². The van der Waals surface area contributed by atoms with E-state index in [-0.39, 0.29) is 5.41 Å². The zero-order valence-corrected chi connectivity index (χ0v) is 15.7. The van der Waals surface area contributed by atoms with E-state index in [4.69, 9.17) is 11.6 Å². The van der Waals surface area contributed by atoms with Crippen molar-refractivity contribution in [3.05, 3.63) is 28.8 Å². The fraction of sp³-hybridized carbons (Fsp3) is 0.700. The Morgan fingerprint density at radius 3 is 2.17 bits per heavy atom. The predicted molar refractivity (Wildman–Crippen MR) is 101 cm³/mol. The van der Waals surface area contributed by atoms with Crippen molar-refractivity contribution in [3.8, 4) is 0 Å². The second-order valence-corrected chi connectivity index (χ2v) is 8.64. The molecule has 2 fully saturated rings. The molecule has 1 aliphatic carbocycles. The summed E-state index contributed by atoms with van der Waals surface area (Å²) in [5.74, 6) is 0. The number of hydrogen-bond acceptors (Lipinski definition) is 2. The molecule has 2 aliphatic rings. The van der Waals surface area contributed by atoms with E-state index in [0.717, 1.165) is 24.2 Å². The van der Waals surface area contributed by atoms with Gasteiger partial charge in [0, 0.05) is 32.2 Å². The van der Waals surface area contributed by atoms with Gasteiger partial charge < -0.3 is 4.90 Å². The van der Waals surface area contributed by atoms with E-state index in [1.54, 1.807) is 0 Å². The molecule has 0 atom stereocenters. The van der Waals surface area contributed by atoms with Crippen LogP contribution in [0.4, 0.5) is 5.69 Å². The zero-order valence-electron chi connectivity index (χ0n) is 14.9. The van der Waals surface area contributed by atoms with Crippen molar-refractivity contribution >= 4 is 17.3 Å². The molecule has 0 aromatic heterocycles. The third-order valence-electron chi connectivity index (χ3n) is 5.56. The van der Waals surface area contributed by atoms with Gasteiger partial charge in [-0.3, -0.25) is 4.90 Å². The lowest BCUT2D eigenvalue weighted by Crippen LogP contribution is -2.50. The normalized spacial score (nSPS) is 21.7. The topological polar surface area (TPSA) is 6.48 Å². The van der Waals surface area contributed by atoms with Crippen molar-refractivity contribution in [2.45, 2.75) is 64.3 Å². The molecule has 1 aliphatic heterocycles. The Morgan fingerprint density at radius 1 is 0.957 bits per heavy atom. The first-order chi connectivity index (χ1) is 10.9. The van der Waals surface area contributed by atoms with E-state index >= 15 is 0 Å². The van der Waals surface area contributed by atoms with Gasteiger partial charge in [0.2, 0.25) is 0 Å². The van der Waals surface area contributed by atoms with Crippen molar-refractivity contribution in [1.82, 2.24) is 4.90 Å². The lowest BCUT2D eigenvalue weighted by atomic mass is 9.87. The van der Waals surface area contributed by atoms with Crippen LogP contribution >= 0.6 is 11.6 Å². The van der Waals surface area contributed by atoms with E-state index in [9.17, 15) is 0 Å². The fourth-order valence-electron chi connectivity index (χ4n) is 4.00. The molecule has 3 rings (SSSR count). The van der Waals surface area contributed by atoms with Crippen LogP contribution in [0.3, 0.4) is 0 Å². The Bertz CT molecular complexity index is 521. The summed E-state index contributed by atoms with van der Waals surface area (Å²) >= 11 is 6.60. The minimum atomic E-state index is 0.155. The zero-order chi connectivity index (χ0) is 16.4. The SMILES string of the molecule is CC(C)(C)c1ccc(N2CCN(C3CCCCC3)CC2)c(Cl)c1. The molecule has 0 unspecified atom stereocenters. The molecule has 1 aromatic carbocycles. The van der Waals surface area contributed by atoms with Crippen molar-refractivity contribution in [1.29, 1.82) is 0 Å². The summed E-state index contributed by atoms with van der Waals surface area (Å²) in [6.07, 6.45) is 7.09. The number of nitrogens with zero attached hydrogens (tertiary/aromatic N) is 2. The summed E-state index contributed by atoms with van der Waals surface area (Å²) < 4.78 is 0. The number of piperazine rings is 1. The van der Waals surface area contributed by atoms with Crippen LogP contribution in [-0.4, -0.2) is 37.1 Å². The van der Waals surface area contributed by atoms with E-state index in [1.807, 2.05) is 0 Å². The van der Waals surface area contributed by atoms with Gasteiger partial charge in [-0.15, -0.1) is 0 Å². The predicted octanol–water partition coefficient (Wildman–Crippen LogP) is 5.09. The summed E-state index contributed by atoms with van der Waals surface area (Å²) in [6, 6.07) is 7.46. The molecule has 0 radical (unpaired) electrons. The van der Waals surface area contributed by atoms with Gasteiger partial charge >= 0.3 is 0 Å². The summed E-state index contributed by atoms with van der Waals surface area (Å²) in [4.78, 5) is 5.18. The Hall–Kier alpha value is -0.730. The van der Waals surface area contributed by atoms with Gasteiger partial charge in [-0.2, -0.15) is 0 Å². The Morgan fingerprint density at radius 2 is 1.61 bits per heavy atom. The van der Waals surface area contributed by atoms with Gasteiger partial charge in [-0.05, 0) is 36.0 Å². The van der Waals surface area contributed by atoms with E-state index in [2.05, 4.69) is 48.8 Å². The highest BCUT2D eigenvalue weighted by Gasteiger charge is 2.26. The van der Waals surface area contributed by atoms with Gasteiger partial charge in [-0.1, -0.05) is 57.7 Å². The number of hydrogen-bond donors (Lipinski definition) is 0. The largest absolute Gasteiger partial charge is 0.368 e. The van der Waals surface area contributed by atoms with Crippen molar-refractivity contribution in [2.75, 3.05) is 31.1 Å². The average Bonchev–Trinajstić information content (AvgIpc) is 2.55. The minimum Gasteiger partial charge on any atom is -0.368 e. The monoisotopic (exact) mass is 334 g/mol. The van der Waals surface area contributed by atoms with E-state index in [0.29, 0.717) is 0 Å². The number of halogens is 1. The molecule has 1 saturated carbocycles. The third-order valence-corrected chi connectivity index (χ3v) is 5.86. The molecule has 0 spiro atoms. The lowest BCUT2D eigenvalue weighted by Gasteiger charge is -2.41. The first kappa shape index (κ1) is 17.1. The molecule has 1 heterocycles. The maximum Gasteiger partial charge on any atom is 0.0642 e. The quantitative estimate of drug-likeness (QED) is 0.743. The average molecular weight is 335 g/mol. The van der Waals surface area contributed by atoms with Crippen molar-refractivity contribution in [3.63, 3.8) is 0 Å². The number of anilines is 1. The molecule has 0 bridgehead atoms. The Kier molecular flexibility index (Phi) is 5.22. The highest BCUT2D eigenvalue weighted by Crippen LogP contribution is 2.33. The van der Waals surface area contributed by atoms with Crippen LogP contribution in [0.25, 0.3) is 0 Å². The molecule has 3 heteroatoms. The summed E-state index contributed by atoms with van der Waals surface area (Å²) in [7, 11) is 0. The van der Waals surface area contributed by atoms with Gasteiger partial charge in [0.1, 0.15) is 0 Å². The molecule has 0 amide bonds. The van der Waals surface area contributed by atoms with Gasteiger partial charge in [0.25, 0.3) is 0 Å². The van der Waals surface area contributed by atoms with Gasteiger partial charge in [-0.25, -0.2) is 0 Å². The van der Waals surface area contributed by atoms with Crippen molar-refractivity contribution in [2.24, 2.45) is 0 Å². The lowest BCUT2D eigenvalue weighted by molar-refractivity contribution is 0.148. The molecular weight excluding hydrogens is 304 g/mol. The van der Waals surface area contributed by atoms with Gasteiger partial charge in [0.15, 0.2) is 0 Å². The Labute approximate surface area is 146 Å². The maximum absolute atomic E-state index is 6.60. The highest BCUT2D eigenvalue weighted by molar-refractivity contribution is 6.33. The molecule has 23 heavy (non-hydrogen) atoms. The maximum atomic E-state index is 6.60. The fourth-order valence-corrected chi connectivity index (χ4v) is 4.30. The summed E-state index contributed by atoms with van der Waals surface area (Å²) in [5, 5.41) is 0.906. The number of rotatable bonds is 2. The third kappa shape index (κ3) is 4.03. The smallest absolute Gasteiger partial charge is 0.0642 e. The molecule has 1 aromatic rings. The Balaban J connectivity index is 1.63. The standard InChI is InChI=1S/C20H31ClN2/c1-20(2,3)16-9-10-19(18(21)15-16)23-13-11-22(12-14-23)17-7-5-4-6-8-17/h9-10,15,17H,4-8,11-14H2,1-3H3. The van der Waals surface area contributed by atoms with E-state index in [1.165, 1.54) is 56.4 Å². The first-order valence-electron chi connectivity index (χ1n) is 9.24. The summed E-state index contributed by atoms with van der Waals surface area (Å²) in [6.45, 7) is 11.3. The molecule has 0 N–H and O–H groups in total. The number of benzene rings is 1. The molecular formula is C20H31ClN2. The first-order valence-corrected chi connectivity index (χ1v) is 9.62. The molecule has 128 valence electrons. The second kappa shape index (κ2) is 7.03.